The van der Waals surface area contributed by atoms with Crippen LogP contribution in [0.1, 0.15) is 34.1 Å². The lowest BCUT2D eigenvalue weighted by atomic mass is 10.1. The standard InChI is InChI=1S/C20H27NO2/c1-6-9-12-17(7-2)19(8-3)23-20(21-22-5)18-13-10-11-16(4)14-15-18/h6,8-15,18H,7H2,1-5H3/b9-6-,17-12+,19-8+,21-20+. The Morgan fingerprint density at radius 1 is 1.30 bits per heavy atom. The smallest absolute Gasteiger partial charge is 0.241 e. The van der Waals surface area contributed by atoms with Crippen molar-refractivity contribution >= 4 is 5.90 Å². The summed E-state index contributed by atoms with van der Waals surface area (Å²) in [7, 11) is 1.53. The second-order valence-corrected chi connectivity index (χ2v) is 5.12. The molecular formula is C20H27NO2. The molecule has 0 N–H and O–H groups in total. The first-order chi connectivity index (χ1) is 11.2. The molecule has 0 aliphatic heterocycles. The molecule has 0 aromatic rings. The van der Waals surface area contributed by atoms with Gasteiger partial charge in [-0.15, -0.1) is 0 Å². The number of ether oxygens (including phenoxy) is 1. The molecule has 0 radical (unpaired) electrons. The number of hydrogen-bond acceptors (Lipinski definition) is 3. The van der Waals surface area contributed by atoms with Gasteiger partial charge in [0, 0.05) is 0 Å². The van der Waals surface area contributed by atoms with Crippen molar-refractivity contribution in [2.75, 3.05) is 7.11 Å². The normalized spacial score (nSPS) is 19.8. The van der Waals surface area contributed by atoms with Gasteiger partial charge in [0.15, 0.2) is 0 Å². The van der Waals surface area contributed by atoms with Crippen molar-refractivity contribution < 1.29 is 9.57 Å². The highest BCUT2D eigenvalue weighted by Gasteiger charge is 2.17. The average molecular weight is 313 g/mol. The molecule has 0 bridgehead atoms. The van der Waals surface area contributed by atoms with Crippen LogP contribution >= 0.6 is 0 Å². The van der Waals surface area contributed by atoms with Crippen LogP contribution in [-0.2, 0) is 9.57 Å². The highest BCUT2D eigenvalue weighted by atomic mass is 16.6. The van der Waals surface area contributed by atoms with Crippen molar-refractivity contribution in [1.82, 2.24) is 0 Å². The summed E-state index contributed by atoms with van der Waals surface area (Å²) in [4.78, 5) is 4.98. The maximum absolute atomic E-state index is 6.08. The fraction of sp³-hybridized carbons (Fsp3) is 0.350. The first-order valence-electron chi connectivity index (χ1n) is 7.96. The molecule has 0 heterocycles. The average Bonchev–Trinajstić information content (AvgIpc) is 2.78. The van der Waals surface area contributed by atoms with E-state index in [1.807, 2.05) is 44.2 Å². The third-order valence-corrected chi connectivity index (χ3v) is 3.37. The predicted octanol–water partition coefficient (Wildman–Crippen LogP) is 5.47. The van der Waals surface area contributed by atoms with Crippen molar-refractivity contribution in [3.63, 3.8) is 0 Å². The van der Waals surface area contributed by atoms with Crippen LogP contribution in [0, 0.1) is 5.92 Å². The Morgan fingerprint density at radius 2 is 2.09 bits per heavy atom. The summed E-state index contributed by atoms with van der Waals surface area (Å²) < 4.78 is 6.08. The van der Waals surface area contributed by atoms with Crippen LogP contribution in [-0.4, -0.2) is 13.0 Å². The summed E-state index contributed by atoms with van der Waals surface area (Å²) in [6, 6.07) is 0. The Bertz CT molecular complexity index is 587. The number of allylic oxidation sites excluding steroid dienone is 9. The molecule has 1 unspecified atom stereocenters. The van der Waals surface area contributed by atoms with Gasteiger partial charge in [0.2, 0.25) is 5.90 Å². The highest BCUT2D eigenvalue weighted by molar-refractivity contribution is 5.83. The van der Waals surface area contributed by atoms with Gasteiger partial charge in [0.25, 0.3) is 0 Å². The molecule has 0 aromatic heterocycles. The molecule has 1 aliphatic carbocycles. The van der Waals surface area contributed by atoms with Gasteiger partial charge >= 0.3 is 0 Å². The van der Waals surface area contributed by atoms with E-state index in [2.05, 4.69) is 43.3 Å². The number of nitrogens with zero attached hydrogens (tertiary/aromatic N) is 1. The minimum atomic E-state index is -0.0570. The molecule has 0 spiro atoms. The molecular weight excluding hydrogens is 286 g/mol. The Labute approximate surface area is 140 Å². The van der Waals surface area contributed by atoms with E-state index in [1.54, 1.807) is 0 Å². The van der Waals surface area contributed by atoms with E-state index in [1.165, 1.54) is 12.7 Å². The van der Waals surface area contributed by atoms with Gasteiger partial charge in [-0.2, -0.15) is 0 Å². The topological polar surface area (TPSA) is 30.8 Å². The second-order valence-electron chi connectivity index (χ2n) is 5.12. The fourth-order valence-corrected chi connectivity index (χ4v) is 2.11. The summed E-state index contributed by atoms with van der Waals surface area (Å²) in [5.74, 6) is 1.27. The minimum absolute atomic E-state index is 0.0570. The summed E-state index contributed by atoms with van der Waals surface area (Å²) in [5.41, 5.74) is 2.30. The van der Waals surface area contributed by atoms with E-state index < -0.39 is 0 Å². The number of hydrogen-bond donors (Lipinski definition) is 0. The zero-order chi connectivity index (χ0) is 17.1. The molecule has 0 saturated heterocycles. The Hall–Kier alpha value is -2.29. The van der Waals surface area contributed by atoms with E-state index in [4.69, 9.17) is 9.57 Å². The lowest BCUT2D eigenvalue weighted by molar-refractivity contribution is 0.197. The van der Waals surface area contributed by atoms with Crippen LogP contribution < -0.4 is 0 Å². The van der Waals surface area contributed by atoms with Gasteiger partial charge in [-0.05, 0) is 38.8 Å². The van der Waals surface area contributed by atoms with Gasteiger partial charge < -0.3 is 9.57 Å². The van der Waals surface area contributed by atoms with Crippen molar-refractivity contribution in [3.05, 3.63) is 71.6 Å². The van der Waals surface area contributed by atoms with Crippen LogP contribution in [0.25, 0.3) is 0 Å². The maximum atomic E-state index is 6.08. The zero-order valence-corrected chi connectivity index (χ0v) is 14.7. The van der Waals surface area contributed by atoms with E-state index in [9.17, 15) is 0 Å². The fourth-order valence-electron chi connectivity index (χ4n) is 2.11. The van der Waals surface area contributed by atoms with Crippen molar-refractivity contribution in [1.29, 1.82) is 0 Å². The van der Waals surface area contributed by atoms with Crippen LogP contribution in [0.4, 0.5) is 0 Å². The summed E-state index contributed by atoms with van der Waals surface area (Å²) in [5, 5.41) is 4.08. The monoisotopic (exact) mass is 313 g/mol. The first-order valence-corrected chi connectivity index (χ1v) is 7.96. The van der Waals surface area contributed by atoms with Gasteiger partial charge in [-0.1, -0.05) is 66.3 Å². The Kier molecular flexibility index (Phi) is 8.51. The number of oxime groups is 1. The van der Waals surface area contributed by atoms with Gasteiger partial charge in [0.1, 0.15) is 12.9 Å². The summed E-state index contributed by atoms with van der Waals surface area (Å²) in [6.07, 6.45) is 19.1. The lowest BCUT2D eigenvalue weighted by Crippen LogP contribution is -2.15. The van der Waals surface area contributed by atoms with Crippen LogP contribution in [0.2, 0.25) is 0 Å². The second kappa shape index (κ2) is 10.4. The van der Waals surface area contributed by atoms with Crippen molar-refractivity contribution in [2.24, 2.45) is 11.1 Å². The molecule has 124 valence electrons. The van der Waals surface area contributed by atoms with Crippen LogP contribution in [0.3, 0.4) is 0 Å². The molecule has 0 aromatic carbocycles. The molecule has 1 atom stereocenters. The third kappa shape index (κ3) is 6.15. The molecule has 3 heteroatoms. The molecule has 0 fully saturated rings. The molecule has 3 nitrogen and oxygen atoms in total. The molecule has 0 saturated carbocycles. The molecule has 0 amide bonds. The quantitative estimate of drug-likeness (QED) is 0.214. The van der Waals surface area contributed by atoms with E-state index in [0.29, 0.717) is 5.90 Å². The summed E-state index contributed by atoms with van der Waals surface area (Å²) >= 11 is 0. The molecule has 1 aliphatic rings. The summed E-state index contributed by atoms with van der Waals surface area (Å²) in [6.45, 7) is 8.12. The predicted molar refractivity (Wildman–Crippen MR) is 98.0 cm³/mol. The van der Waals surface area contributed by atoms with Gasteiger partial charge in [0.05, 0.1) is 5.92 Å². The van der Waals surface area contributed by atoms with Crippen LogP contribution in [0.15, 0.2) is 76.7 Å². The largest absolute Gasteiger partial charge is 0.439 e. The minimum Gasteiger partial charge on any atom is -0.439 e. The van der Waals surface area contributed by atoms with Crippen LogP contribution in [0.5, 0.6) is 0 Å². The SMILES string of the molecule is C\C=C/C=C(CC)/C(=C\C)O/C(=N/OC)C1C=CC=C(C)C=C1. The highest BCUT2D eigenvalue weighted by Crippen LogP contribution is 2.21. The maximum Gasteiger partial charge on any atom is 0.241 e. The van der Waals surface area contributed by atoms with Gasteiger partial charge in [-0.3, -0.25) is 0 Å². The number of rotatable bonds is 6. The third-order valence-electron chi connectivity index (χ3n) is 3.37. The van der Waals surface area contributed by atoms with E-state index in [-0.39, 0.29) is 5.92 Å². The van der Waals surface area contributed by atoms with Crippen molar-refractivity contribution in [3.8, 4) is 0 Å². The van der Waals surface area contributed by atoms with E-state index in [0.717, 1.165) is 17.8 Å². The lowest BCUT2D eigenvalue weighted by Gasteiger charge is -2.16. The Morgan fingerprint density at radius 3 is 2.70 bits per heavy atom. The van der Waals surface area contributed by atoms with E-state index >= 15 is 0 Å². The first kappa shape index (κ1) is 18.8. The molecule has 1 rings (SSSR count). The van der Waals surface area contributed by atoms with Gasteiger partial charge in [-0.25, -0.2) is 0 Å². The van der Waals surface area contributed by atoms with Crippen molar-refractivity contribution in [2.45, 2.75) is 34.1 Å². The zero-order valence-electron chi connectivity index (χ0n) is 14.7. The Balaban J connectivity index is 3.03. The molecule has 23 heavy (non-hydrogen) atoms.